The Bertz CT molecular complexity index is 1570. The number of amides is 1. The number of nitrogens with zero attached hydrogens (tertiary/aromatic N) is 6. The van der Waals surface area contributed by atoms with Crippen LogP contribution in [0, 0.1) is 0 Å². The normalized spacial score (nSPS) is 19.7. The fraction of sp³-hybridized carbons (Fsp3) is 0.296. The lowest BCUT2D eigenvalue weighted by Crippen LogP contribution is -2.64. The van der Waals surface area contributed by atoms with Crippen LogP contribution in [-0.2, 0) is 11.3 Å². The van der Waals surface area contributed by atoms with Gasteiger partial charge in [0, 0.05) is 50.9 Å². The molecule has 2 aliphatic rings. The number of imidazole rings is 1. The highest BCUT2D eigenvalue weighted by molar-refractivity contribution is 6.30. The number of ketones is 1. The van der Waals surface area contributed by atoms with Gasteiger partial charge in [0.15, 0.2) is 0 Å². The predicted molar refractivity (Wildman–Crippen MR) is 138 cm³/mol. The molecule has 0 aliphatic carbocycles. The number of likely N-dealkylation sites (tertiary alicyclic amines) is 1. The first-order valence-electron chi connectivity index (χ1n) is 12.5. The second-order valence-corrected chi connectivity index (χ2v) is 10.2. The fourth-order valence-corrected chi connectivity index (χ4v) is 5.62. The van der Waals surface area contributed by atoms with Crippen molar-refractivity contribution in [3.63, 3.8) is 0 Å². The number of carbonyl (C=O) groups excluding carboxylic acids is 2. The van der Waals surface area contributed by atoms with Gasteiger partial charge < -0.3 is 14.0 Å². The molecule has 0 aromatic carbocycles. The Balaban J connectivity index is 1.27. The number of Topliss-reactive ketones (excluding diaryl/α,β-unsaturated/α-hetero) is 1. The maximum Gasteiger partial charge on any atom is 0.574 e. The number of alkyl halides is 3. The van der Waals surface area contributed by atoms with Crippen molar-refractivity contribution in [1.29, 1.82) is 0 Å². The summed E-state index contributed by atoms with van der Waals surface area (Å²) in [7, 11) is 0. The Labute approximate surface area is 231 Å². The van der Waals surface area contributed by atoms with E-state index in [9.17, 15) is 22.8 Å². The van der Waals surface area contributed by atoms with Gasteiger partial charge in [-0.3, -0.25) is 19.5 Å². The minimum Gasteiger partial charge on any atom is -0.388 e. The standard InChI is InChI=1S/C27H22ClF3N6O3/c28-16-7-8-20(32-12-16)25-22(36-9-2-1-5-23(36)34-25)15-35-13-17-10-19(38)11-18(14-35)37(17)26(39)21-4-3-6-24(33-21)40-27(29,30)31/h1-9,12,17-18H,10-11,13-15H2. The summed E-state index contributed by atoms with van der Waals surface area (Å²) in [6.45, 7) is 1.25. The summed E-state index contributed by atoms with van der Waals surface area (Å²) in [4.78, 5) is 42.8. The molecule has 2 aliphatic heterocycles. The smallest absolute Gasteiger partial charge is 0.388 e. The predicted octanol–water partition coefficient (Wildman–Crippen LogP) is 4.40. The summed E-state index contributed by atoms with van der Waals surface area (Å²) < 4.78 is 44.0. The number of carbonyl (C=O) groups is 2. The van der Waals surface area contributed by atoms with Gasteiger partial charge in [-0.15, -0.1) is 13.2 Å². The minimum atomic E-state index is -4.93. The topological polar surface area (TPSA) is 92.9 Å². The van der Waals surface area contributed by atoms with Crippen LogP contribution in [0.15, 0.2) is 60.9 Å². The third-order valence-corrected chi connectivity index (χ3v) is 7.24. The zero-order chi connectivity index (χ0) is 28.0. The van der Waals surface area contributed by atoms with Gasteiger partial charge in [-0.25, -0.2) is 9.97 Å². The molecule has 2 atom stereocenters. The van der Waals surface area contributed by atoms with Crippen LogP contribution in [0.2, 0.25) is 5.02 Å². The molecule has 2 fully saturated rings. The summed E-state index contributed by atoms with van der Waals surface area (Å²) >= 11 is 6.04. The van der Waals surface area contributed by atoms with Crippen molar-refractivity contribution < 1.29 is 27.5 Å². The van der Waals surface area contributed by atoms with Crippen molar-refractivity contribution in [2.75, 3.05) is 13.1 Å². The second kappa shape index (κ2) is 10.2. The van der Waals surface area contributed by atoms with Crippen molar-refractivity contribution in [1.82, 2.24) is 29.2 Å². The number of rotatable bonds is 5. The average molecular weight is 571 g/mol. The molecule has 206 valence electrons. The highest BCUT2D eigenvalue weighted by Gasteiger charge is 2.44. The van der Waals surface area contributed by atoms with Crippen LogP contribution in [0.4, 0.5) is 13.2 Å². The monoisotopic (exact) mass is 570 g/mol. The number of hydrogen-bond acceptors (Lipinski definition) is 7. The molecule has 2 saturated heterocycles. The highest BCUT2D eigenvalue weighted by atomic mass is 35.5. The Hall–Kier alpha value is -4.03. The Morgan fingerprint density at radius 2 is 1.80 bits per heavy atom. The van der Waals surface area contributed by atoms with E-state index in [1.54, 1.807) is 23.2 Å². The first-order valence-corrected chi connectivity index (χ1v) is 12.9. The van der Waals surface area contributed by atoms with Gasteiger partial charge in [-0.2, -0.15) is 0 Å². The van der Waals surface area contributed by atoms with Gasteiger partial charge in [-0.1, -0.05) is 23.7 Å². The zero-order valence-corrected chi connectivity index (χ0v) is 21.6. The van der Waals surface area contributed by atoms with E-state index in [0.29, 0.717) is 36.0 Å². The Kier molecular flexibility index (Phi) is 6.67. The number of fused-ring (bicyclic) bond motifs is 3. The van der Waals surface area contributed by atoms with Crippen LogP contribution in [0.3, 0.4) is 0 Å². The van der Waals surface area contributed by atoms with Gasteiger partial charge >= 0.3 is 6.36 Å². The molecule has 40 heavy (non-hydrogen) atoms. The van der Waals surface area contributed by atoms with Gasteiger partial charge in [0.2, 0.25) is 5.88 Å². The number of hydrogen-bond donors (Lipinski definition) is 0. The molecule has 6 rings (SSSR count). The molecule has 13 heteroatoms. The van der Waals surface area contributed by atoms with E-state index in [1.165, 1.54) is 12.1 Å². The van der Waals surface area contributed by atoms with Gasteiger partial charge in [0.05, 0.1) is 28.5 Å². The van der Waals surface area contributed by atoms with Crippen molar-refractivity contribution in [2.45, 2.75) is 37.8 Å². The molecule has 0 N–H and O–H groups in total. The van der Waals surface area contributed by atoms with Gasteiger partial charge in [0.25, 0.3) is 5.91 Å². The van der Waals surface area contributed by atoms with Crippen molar-refractivity contribution in [3.8, 4) is 17.3 Å². The highest BCUT2D eigenvalue weighted by Crippen LogP contribution is 2.32. The molecule has 9 nitrogen and oxygen atoms in total. The maximum absolute atomic E-state index is 13.5. The van der Waals surface area contributed by atoms with Crippen LogP contribution < -0.4 is 4.74 Å². The summed E-state index contributed by atoms with van der Waals surface area (Å²) in [5.41, 5.74) is 2.85. The molecular formula is C27H22ClF3N6O3. The quantitative estimate of drug-likeness (QED) is 0.351. The molecule has 2 bridgehead atoms. The van der Waals surface area contributed by atoms with Gasteiger partial charge in [0.1, 0.15) is 22.8 Å². The summed E-state index contributed by atoms with van der Waals surface area (Å²) in [6.07, 6.45) is -1.15. The number of halogens is 4. The summed E-state index contributed by atoms with van der Waals surface area (Å²) in [5, 5.41) is 0.511. The number of piperazine rings is 1. The molecule has 0 saturated carbocycles. The first-order chi connectivity index (χ1) is 19.1. The van der Waals surface area contributed by atoms with Crippen LogP contribution in [0.5, 0.6) is 5.88 Å². The van der Waals surface area contributed by atoms with Crippen LogP contribution in [0.25, 0.3) is 17.0 Å². The average Bonchev–Trinajstić information content (AvgIpc) is 3.25. The summed E-state index contributed by atoms with van der Waals surface area (Å²) in [6, 6.07) is 12.0. The maximum atomic E-state index is 13.5. The number of pyridine rings is 3. The lowest BCUT2D eigenvalue weighted by atomic mass is 9.89. The van der Waals surface area contributed by atoms with E-state index in [-0.39, 0.29) is 24.3 Å². The lowest BCUT2D eigenvalue weighted by molar-refractivity contribution is -0.276. The van der Waals surface area contributed by atoms with Gasteiger partial charge in [-0.05, 0) is 30.3 Å². The number of aromatic nitrogens is 4. The number of piperidine rings is 1. The first kappa shape index (κ1) is 26.2. The van der Waals surface area contributed by atoms with E-state index in [2.05, 4.69) is 19.6 Å². The third kappa shape index (κ3) is 5.24. The minimum absolute atomic E-state index is 0.0432. The molecule has 0 spiro atoms. The zero-order valence-electron chi connectivity index (χ0n) is 20.9. The van der Waals surface area contributed by atoms with Crippen molar-refractivity contribution >= 4 is 28.9 Å². The van der Waals surface area contributed by atoms with E-state index in [1.807, 2.05) is 28.8 Å². The fourth-order valence-electron chi connectivity index (χ4n) is 5.51. The largest absolute Gasteiger partial charge is 0.574 e. The summed E-state index contributed by atoms with van der Waals surface area (Å²) in [5.74, 6) is -1.20. The Morgan fingerprint density at radius 3 is 2.50 bits per heavy atom. The molecule has 6 heterocycles. The van der Waals surface area contributed by atoms with E-state index in [0.717, 1.165) is 17.4 Å². The molecule has 4 aromatic heterocycles. The Morgan fingerprint density at radius 1 is 1.02 bits per heavy atom. The van der Waals surface area contributed by atoms with Crippen molar-refractivity contribution in [3.05, 3.63) is 77.3 Å². The van der Waals surface area contributed by atoms with Crippen LogP contribution >= 0.6 is 11.6 Å². The van der Waals surface area contributed by atoms with Crippen LogP contribution in [0.1, 0.15) is 29.0 Å². The molecule has 0 radical (unpaired) electrons. The van der Waals surface area contributed by atoms with E-state index in [4.69, 9.17) is 16.6 Å². The molecule has 2 unspecified atom stereocenters. The molecule has 1 amide bonds. The van der Waals surface area contributed by atoms with Crippen molar-refractivity contribution in [2.24, 2.45) is 0 Å². The van der Waals surface area contributed by atoms with Crippen LogP contribution in [-0.4, -0.2) is 72.4 Å². The second-order valence-electron chi connectivity index (χ2n) is 9.77. The molecule has 4 aromatic rings. The third-order valence-electron chi connectivity index (χ3n) is 7.02. The lowest BCUT2D eigenvalue weighted by Gasteiger charge is -2.49. The number of ether oxygens (including phenoxy) is 1. The molecular weight excluding hydrogens is 549 g/mol. The van der Waals surface area contributed by atoms with E-state index < -0.39 is 30.2 Å². The van der Waals surface area contributed by atoms with E-state index >= 15 is 0 Å². The SMILES string of the molecule is O=C1CC2CN(Cc3c(-c4ccc(Cl)cn4)nc4ccccn34)CC(C1)N2C(=O)c1cccc(OC(F)(F)F)n1.